The van der Waals surface area contributed by atoms with E-state index in [2.05, 4.69) is 20.6 Å². The summed E-state index contributed by atoms with van der Waals surface area (Å²) in [6.45, 7) is 2.39. The molecule has 8 heteroatoms. The van der Waals surface area contributed by atoms with Gasteiger partial charge in [0.15, 0.2) is 11.5 Å². The number of nitrogens with one attached hydrogen (secondary N) is 2. The van der Waals surface area contributed by atoms with Crippen LogP contribution in [0.25, 0.3) is 0 Å². The summed E-state index contributed by atoms with van der Waals surface area (Å²) in [6.07, 6.45) is 1.55. The molecule has 8 nitrogen and oxygen atoms in total. The highest BCUT2D eigenvalue weighted by Gasteiger charge is 2.13. The highest BCUT2D eigenvalue weighted by molar-refractivity contribution is 5.92. The van der Waals surface area contributed by atoms with Crippen molar-refractivity contribution in [1.29, 1.82) is 0 Å². The molecule has 1 amide bonds. The molecule has 0 unspecified atom stereocenters. The number of fused-ring (bicyclic) bond motifs is 1. The number of carbonyl (C=O) groups is 1. The van der Waals surface area contributed by atoms with Crippen molar-refractivity contribution in [2.45, 2.75) is 0 Å². The number of rotatable bonds is 6. The average Bonchev–Trinajstić information content (AvgIpc) is 2.61. The van der Waals surface area contributed by atoms with Gasteiger partial charge in [-0.15, -0.1) is 0 Å². The van der Waals surface area contributed by atoms with E-state index in [0.29, 0.717) is 42.9 Å². The largest absolute Gasteiger partial charge is 0.486 e. The molecule has 1 aromatic carbocycles. The molecule has 0 radical (unpaired) electrons. The quantitative estimate of drug-likeness (QED) is 0.817. The zero-order chi connectivity index (χ0) is 17.6. The van der Waals surface area contributed by atoms with Crippen LogP contribution >= 0.6 is 0 Å². The Kier molecular flexibility index (Phi) is 5.30. The van der Waals surface area contributed by atoms with Gasteiger partial charge in [-0.3, -0.25) is 4.79 Å². The first-order valence-corrected chi connectivity index (χ1v) is 8.04. The predicted molar refractivity (Wildman–Crippen MR) is 93.6 cm³/mol. The average molecular weight is 343 g/mol. The van der Waals surface area contributed by atoms with Gasteiger partial charge in [-0.1, -0.05) is 0 Å². The van der Waals surface area contributed by atoms with Crippen LogP contribution in [0, 0.1) is 0 Å². The van der Waals surface area contributed by atoms with Crippen molar-refractivity contribution < 1.29 is 14.3 Å². The fourth-order valence-corrected chi connectivity index (χ4v) is 2.28. The minimum Gasteiger partial charge on any atom is -0.486 e. The van der Waals surface area contributed by atoms with E-state index in [1.807, 2.05) is 37.2 Å². The second-order valence-electron chi connectivity index (χ2n) is 5.81. The van der Waals surface area contributed by atoms with Crippen molar-refractivity contribution in [2.75, 3.05) is 45.7 Å². The van der Waals surface area contributed by atoms with E-state index >= 15 is 0 Å². The first-order chi connectivity index (χ1) is 12.1. The van der Waals surface area contributed by atoms with Crippen molar-refractivity contribution in [3.63, 3.8) is 0 Å². The zero-order valence-electron chi connectivity index (χ0n) is 14.3. The van der Waals surface area contributed by atoms with Gasteiger partial charge in [0.05, 0.1) is 0 Å². The minimum absolute atomic E-state index is 0.227. The summed E-state index contributed by atoms with van der Waals surface area (Å²) in [7, 11) is 3.90. The first-order valence-electron chi connectivity index (χ1n) is 8.04. The Morgan fingerprint density at radius 2 is 2.00 bits per heavy atom. The monoisotopic (exact) mass is 343 g/mol. The summed E-state index contributed by atoms with van der Waals surface area (Å²) in [5.74, 6) is 1.51. The summed E-state index contributed by atoms with van der Waals surface area (Å²) in [4.78, 5) is 22.5. The number of amides is 1. The fourth-order valence-electron chi connectivity index (χ4n) is 2.28. The molecule has 1 aliphatic rings. The van der Waals surface area contributed by atoms with Crippen LogP contribution in [0.5, 0.6) is 11.5 Å². The number of benzene rings is 1. The Bertz CT molecular complexity index is 751. The van der Waals surface area contributed by atoms with Crippen LogP contribution in [-0.2, 0) is 0 Å². The topological polar surface area (TPSA) is 88.6 Å². The highest BCUT2D eigenvalue weighted by Crippen LogP contribution is 2.33. The van der Waals surface area contributed by atoms with Crippen LogP contribution < -0.4 is 20.1 Å². The molecule has 0 fully saturated rings. The van der Waals surface area contributed by atoms with Gasteiger partial charge in [0.1, 0.15) is 18.9 Å². The Morgan fingerprint density at radius 1 is 1.20 bits per heavy atom. The van der Waals surface area contributed by atoms with Gasteiger partial charge in [-0.05, 0) is 32.3 Å². The number of hydrogen-bond donors (Lipinski definition) is 2. The maximum Gasteiger partial charge on any atom is 0.270 e. The van der Waals surface area contributed by atoms with Crippen LogP contribution in [0.3, 0.4) is 0 Å². The summed E-state index contributed by atoms with van der Waals surface area (Å²) in [6, 6.07) is 7.08. The number of nitrogens with zero attached hydrogens (tertiary/aromatic N) is 3. The Balaban J connectivity index is 1.66. The normalized spacial score (nSPS) is 12.8. The Morgan fingerprint density at radius 3 is 2.80 bits per heavy atom. The third-order valence-corrected chi connectivity index (χ3v) is 3.53. The van der Waals surface area contributed by atoms with Crippen LogP contribution in [-0.4, -0.2) is 61.2 Å². The van der Waals surface area contributed by atoms with Crippen molar-refractivity contribution in [3.05, 3.63) is 36.2 Å². The van der Waals surface area contributed by atoms with E-state index < -0.39 is 0 Å². The number of carbonyl (C=O) groups excluding carboxylic acids is 1. The Labute approximate surface area is 146 Å². The van der Waals surface area contributed by atoms with Gasteiger partial charge in [-0.25, -0.2) is 9.97 Å². The lowest BCUT2D eigenvalue weighted by atomic mass is 10.2. The van der Waals surface area contributed by atoms with Gasteiger partial charge in [-0.2, -0.15) is 0 Å². The van der Waals surface area contributed by atoms with Crippen molar-refractivity contribution in [2.24, 2.45) is 0 Å². The van der Waals surface area contributed by atoms with Crippen LogP contribution in [0.1, 0.15) is 10.5 Å². The molecule has 1 aliphatic heterocycles. The van der Waals surface area contributed by atoms with Crippen molar-refractivity contribution in [1.82, 2.24) is 20.2 Å². The summed E-state index contributed by atoms with van der Waals surface area (Å²) < 4.78 is 11.0. The lowest BCUT2D eigenvalue weighted by molar-refractivity contribution is 0.0946. The van der Waals surface area contributed by atoms with E-state index in [-0.39, 0.29) is 5.91 Å². The first kappa shape index (κ1) is 17.0. The molecule has 132 valence electrons. The van der Waals surface area contributed by atoms with E-state index in [1.165, 1.54) is 0 Å². The van der Waals surface area contributed by atoms with Crippen molar-refractivity contribution in [3.8, 4) is 11.5 Å². The molecule has 0 spiro atoms. The van der Waals surface area contributed by atoms with Crippen LogP contribution in [0.15, 0.2) is 30.5 Å². The number of ether oxygens (including phenoxy) is 2. The predicted octanol–water partition coefficient (Wildman–Crippen LogP) is 1.28. The molecule has 1 aromatic heterocycles. The standard InChI is InChI=1S/C17H21N5O3/c1-22(2)8-7-18-16(23)13-5-6-19-17(21-13)20-12-3-4-14-15(11-12)25-10-9-24-14/h3-6,11H,7-10H2,1-2H3,(H,18,23)(H,19,20,21). The number of likely N-dealkylation sites (N-methyl/N-ethyl adjacent to an activating group) is 1. The molecule has 0 aliphatic carbocycles. The molecular formula is C17H21N5O3. The fraction of sp³-hybridized carbons (Fsp3) is 0.353. The number of anilines is 2. The van der Waals surface area contributed by atoms with Crippen LogP contribution in [0.4, 0.5) is 11.6 Å². The summed E-state index contributed by atoms with van der Waals surface area (Å²) >= 11 is 0. The second kappa shape index (κ2) is 7.80. The van der Waals surface area contributed by atoms with Crippen LogP contribution in [0.2, 0.25) is 0 Å². The molecule has 25 heavy (non-hydrogen) atoms. The molecular weight excluding hydrogens is 322 g/mol. The van der Waals surface area contributed by atoms with E-state index in [0.717, 1.165) is 12.2 Å². The second-order valence-corrected chi connectivity index (χ2v) is 5.81. The maximum atomic E-state index is 12.1. The summed E-state index contributed by atoms with van der Waals surface area (Å²) in [5, 5.41) is 5.90. The third kappa shape index (κ3) is 4.57. The van der Waals surface area contributed by atoms with Crippen molar-refractivity contribution >= 4 is 17.5 Å². The maximum absolute atomic E-state index is 12.1. The van der Waals surface area contributed by atoms with E-state index in [4.69, 9.17) is 9.47 Å². The molecule has 2 heterocycles. The minimum atomic E-state index is -0.227. The van der Waals surface area contributed by atoms with Gasteiger partial charge >= 0.3 is 0 Å². The molecule has 2 N–H and O–H groups in total. The smallest absolute Gasteiger partial charge is 0.270 e. The SMILES string of the molecule is CN(C)CCNC(=O)c1ccnc(Nc2ccc3c(c2)OCCO3)n1. The lowest BCUT2D eigenvalue weighted by Gasteiger charge is -2.19. The molecule has 0 bridgehead atoms. The van der Waals surface area contributed by atoms with E-state index in [1.54, 1.807) is 12.3 Å². The molecule has 0 atom stereocenters. The molecule has 2 aromatic rings. The molecule has 0 saturated heterocycles. The van der Waals surface area contributed by atoms with E-state index in [9.17, 15) is 4.79 Å². The lowest BCUT2D eigenvalue weighted by Crippen LogP contribution is -2.31. The Hall–Kier alpha value is -2.87. The van der Waals surface area contributed by atoms with Gasteiger partial charge in [0.25, 0.3) is 5.91 Å². The zero-order valence-corrected chi connectivity index (χ0v) is 14.3. The van der Waals surface area contributed by atoms with Gasteiger partial charge in [0.2, 0.25) is 5.95 Å². The highest BCUT2D eigenvalue weighted by atomic mass is 16.6. The number of aromatic nitrogens is 2. The molecule has 0 saturated carbocycles. The van der Waals surface area contributed by atoms with Gasteiger partial charge in [0, 0.05) is 31.0 Å². The summed E-state index contributed by atoms with van der Waals surface area (Å²) in [5.41, 5.74) is 1.07. The number of hydrogen-bond acceptors (Lipinski definition) is 7. The third-order valence-electron chi connectivity index (χ3n) is 3.53. The molecule has 3 rings (SSSR count). The van der Waals surface area contributed by atoms with Gasteiger partial charge < -0.3 is 25.0 Å².